The van der Waals surface area contributed by atoms with Gasteiger partial charge in [-0.15, -0.1) is 0 Å². The molecule has 1 N–H and O–H groups in total. The predicted molar refractivity (Wildman–Crippen MR) is 147 cm³/mol. The average Bonchev–Trinajstić information content (AvgIpc) is 2.81. The van der Waals surface area contributed by atoms with Gasteiger partial charge in [0.2, 0.25) is 0 Å². The van der Waals surface area contributed by atoms with Crippen LogP contribution in [-0.4, -0.2) is 11.1 Å². The van der Waals surface area contributed by atoms with Gasteiger partial charge in [0.25, 0.3) is 0 Å². The van der Waals surface area contributed by atoms with Gasteiger partial charge in [-0.1, -0.05) is 130 Å². The number of carboxylic acids is 1. The lowest BCUT2D eigenvalue weighted by Crippen LogP contribution is -2.21. The van der Waals surface area contributed by atoms with E-state index in [2.05, 4.69) is 27.7 Å². The van der Waals surface area contributed by atoms with E-state index >= 15 is 0 Å². The van der Waals surface area contributed by atoms with E-state index in [0.29, 0.717) is 11.0 Å². The highest BCUT2D eigenvalue weighted by Crippen LogP contribution is 2.41. The molecule has 0 fully saturated rings. The normalized spacial score (nSPS) is 12.4. The zero-order valence-electron chi connectivity index (χ0n) is 23.2. The van der Waals surface area contributed by atoms with Crippen molar-refractivity contribution >= 4 is 5.97 Å². The van der Waals surface area contributed by atoms with Gasteiger partial charge in [-0.3, -0.25) is 0 Å². The van der Waals surface area contributed by atoms with Crippen LogP contribution in [-0.2, 0) is 4.79 Å². The summed E-state index contributed by atoms with van der Waals surface area (Å²) in [6.07, 6.45) is 31.3. The minimum absolute atomic E-state index is 0.609. The summed E-state index contributed by atoms with van der Waals surface area (Å²) in [5.41, 5.74) is 1.26. The van der Waals surface area contributed by atoms with E-state index in [0.717, 1.165) is 25.7 Å². The lowest BCUT2D eigenvalue weighted by atomic mass is 9.71. The van der Waals surface area contributed by atoms with E-state index in [1.807, 2.05) is 6.08 Å². The quantitative estimate of drug-likeness (QED) is 0.108. The summed E-state index contributed by atoms with van der Waals surface area (Å²) in [5, 5.41) is 9.48. The van der Waals surface area contributed by atoms with Gasteiger partial charge in [0, 0.05) is 5.57 Å². The van der Waals surface area contributed by atoms with Crippen molar-refractivity contribution in [1.29, 1.82) is 0 Å². The Hall–Kier alpha value is -0.790. The summed E-state index contributed by atoms with van der Waals surface area (Å²) in [5.74, 6) is -0.703. The second kappa shape index (κ2) is 23.0. The van der Waals surface area contributed by atoms with E-state index in [9.17, 15) is 9.90 Å². The minimum atomic E-state index is -0.703. The van der Waals surface area contributed by atoms with Crippen molar-refractivity contribution in [3.05, 3.63) is 11.6 Å². The monoisotopic (exact) mass is 464 g/mol. The lowest BCUT2D eigenvalue weighted by molar-refractivity contribution is -0.132. The van der Waals surface area contributed by atoms with Crippen LogP contribution in [0.15, 0.2) is 11.6 Å². The minimum Gasteiger partial charge on any atom is -0.478 e. The molecule has 0 aromatic carbocycles. The van der Waals surface area contributed by atoms with Crippen LogP contribution >= 0.6 is 0 Å². The average molecular weight is 465 g/mol. The fourth-order valence-electron chi connectivity index (χ4n) is 5.25. The first-order chi connectivity index (χ1) is 16.0. The highest BCUT2D eigenvalue weighted by atomic mass is 16.4. The van der Waals surface area contributed by atoms with E-state index < -0.39 is 5.97 Å². The van der Waals surface area contributed by atoms with Crippen LogP contribution in [0, 0.1) is 5.41 Å². The van der Waals surface area contributed by atoms with Gasteiger partial charge in [-0.05, 0) is 56.8 Å². The summed E-state index contributed by atoms with van der Waals surface area (Å²) in [6, 6.07) is 0. The maximum atomic E-state index is 11.5. The molecule has 0 aliphatic carbocycles. The highest BCUT2D eigenvalue weighted by Gasteiger charge is 2.27. The maximum Gasteiger partial charge on any atom is 0.331 e. The van der Waals surface area contributed by atoms with Gasteiger partial charge in [0.1, 0.15) is 0 Å². The first-order valence-corrected chi connectivity index (χ1v) is 15.0. The molecule has 0 radical (unpaired) electrons. The molecule has 2 heteroatoms. The van der Waals surface area contributed by atoms with Crippen molar-refractivity contribution in [2.75, 3.05) is 0 Å². The Bertz CT molecular complexity index is 444. The topological polar surface area (TPSA) is 37.3 Å². The van der Waals surface area contributed by atoms with Crippen LogP contribution in [0.2, 0.25) is 0 Å². The van der Waals surface area contributed by atoms with Crippen LogP contribution in [0.3, 0.4) is 0 Å². The molecular formula is C31H60O2. The van der Waals surface area contributed by atoms with Crippen LogP contribution in [0.25, 0.3) is 0 Å². The Balaban J connectivity index is 4.22. The molecule has 33 heavy (non-hydrogen) atoms. The second-order valence-corrected chi connectivity index (χ2v) is 10.7. The molecule has 0 rings (SSSR count). The summed E-state index contributed by atoms with van der Waals surface area (Å²) >= 11 is 0. The molecule has 0 bridgehead atoms. The van der Waals surface area contributed by atoms with E-state index in [4.69, 9.17) is 0 Å². The fraction of sp³-hybridized carbons (Fsp3) is 0.903. The molecule has 196 valence electrons. The molecule has 0 unspecified atom stereocenters. The second-order valence-electron chi connectivity index (χ2n) is 10.7. The van der Waals surface area contributed by atoms with Gasteiger partial charge in [0.05, 0.1) is 0 Å². The van der Waals surface area contributed by atoms with E-state index in [-0.39, 0.29) is 0 Å². The number of allylic oxidation sites excluding steroid dienone is 1. The Labute approximate surface area is 208 Å². The number of carboxylic acid groups (broad SMARTS) is 1. The van der Waals surface area contributed by atoms with Gasteiger partial charge in [0.15, 0.2) is 0 Å². The number of unbranched alkanes of at least 4 members (excludes halogenated alkanes) is 13. The predicted octanol–water partition coefficient (Wildman–Crippen LogP) is 11.0. The third kappa shape index (κ3) is 18.2. The number of rotatable bonds is 25. The van der Waals surface area contributed by atoms with Gasteiger partial charge in [-0.25, -0.2) is 4.79 Å². The van der Waals surface area contributed by atoms with Crippen molar-refractivity contribution in [2.24, 2.45) is 5.41 Å². The Morgan fingerprint density at radius 1 is 0.576 bits per heavy atom. The number of aliphatic carboxylic acids is 1. The van der Waals surface area contributed by atoms with Gasteiger partial charge in [-0.2, -0.15) is 0 Å². The molecule has 0 heterocycles. The van der Waals surface area contributed by atoms with Gasteiger partial charge < -0.3 is 5.11 Å². The molecule has 0 atom stereocenters. The standard InChI is InChI=1S/C31H60O2/c1-5-9-13-14-17-20-23-29(30(32)33)24-21-18-15-16-19-22-28-31(25-10-6-2,26-11-7-3)27-12-8-4/h24H,5-23,25-28H2,1-4H3,(H,32,33). The Kier molecular flexibility index (Phi) is 22.4. The highest BCUT2D eigenvalue weighted by molar-refractivity contribution is 5.86. The van der Waals surface area contributed by atoms with Crippen molar-refractivity contribution in [3.8, 4) is 0 Å². The number of hydrogen-bond acceptors (Lipinski definition) is 1. The van der Waals surface area contributed by atoms with Crippen LogP contribution < -0.4 is 0 Å². The first kappa shape index (κ1) is 32.2. The number of carbonyl (C=O) groups is 1. The fourth-order valence-corrected chi connectivity index (χ4v) is 5.25. The van der Waals surface area contributed by atoms with Crippen molar-refractivity contribution in [1.82, 2.24) is 0 Å². The molecule has 0 spiro atoms. The summed E-state index contributed by atoms with van der Waals surface area (Å²) < 4.78 is 0. The molecular weight excluding hydrogens is 404 g/mol. The molecule has 0 aromatic heterocycles. The van der Waals surface area contributed by atoms with Crippen molar-refractivity contribution in [3.63, 3.8) is 0 Å². The summed E-state index contributed by atoms with van der Waals surface area (Å²) in [4.78, 5) is 11.5. The molecule has 0 aliphatic rings. The summed E-state index contributed by atoms with van der Waals surface area (Å²) in [7, 11) is 0. The third-order valence-electron chi connectivity index (χ3n) is 7.56. The summed E-state index contributed by atoms with van der Waals surface area (Å²) in [6.45, 7) is 9.24. The molecule has 0 aliphatic heterocycles. The van der Waals surface area contributed by atoms with E-state index in [1.165, 1.54) is 122 Å². The molecule has 2 nitrogen and oxygen atoms in total. The molecule has 0 aromatic rings. The smallest absolute Gasteiger partial charge is 0.331 e. The number of hydrogen-bond donors (Lipinski definition) is 1. The third-order valence-corrected chi connectivity index (χ3v) is 7.56. The molecule has 0 saturated carbocycles. The van der Waals surface area contributed by atoms with Crippen molar-refractivity contribution in [2.45, 2.75) is 175 Å². The van der Waals surface area contributed by atoms with Crippen LogP contribution in [0.5, 0.6) is 0 Å². The maximum absolute atomic E-state index is 11.5. The molecule has 0 saturated heterocycles. The largest absolute Gasteiger partial charge is 0.478 e. The Morgan fingerprint density at radius 3 is 1.52 bits per heavy atom. The van der Waals surface area contributed by atoms with Crippen molar-refractivity contribution < 1.29 is 9.90 Å². The zero-order chi connectivity index (χ0) is 24.6. The first-order valence-electron chi connectivity index (χ1n) is 15.0. The Morgan fingerprint density at radius 2 is 1.00 bits per heavy atom. The van der Waals surface area contributed by atoms with Gasteiger partial charge >= 0.3 is 5.97 Å². The SMILES string of the molecule is CCCCCCCCC(=CCCCCCCCC(CCCC)(CCCC)CCCC)C(=O)O. The van der Waals surface area contributed by atoms with Crippen LogP contribution in [0.4, 0.5) is 0 Å². The lowest BCUT2D eigenvalue weighted by Gasteiger charge is -2.35. The molecule has 0 amide bonds. The van der Waals surface area contributed by atoms with E-state index in [1.54, 1.807) is 0 Å². The zero-order valence-corrected chi connectivity index (χ0v) is 23.2. The van der Waals surface area contributed by atoms with Crippen LogP contribution in [0.1, 0.15) is 175 Å².